The van der Waals surface area contributed by atoms with Crippen LogP contribution in [0.1, 0.15) is 12.1 Å². The van der Waals surface area contributed by atoms with Gasteiger partial charge in [-0.2, -0.15) is 0 Å². The second kappa shape index (κ2) is 6.30. The first-order chi connectivity index (χ1) is 7.24. The molecule has 0 spiro atoms. The molecule has 4 nitrogen and oxygen atoms in total. The van der Waals surface area contributed by atoms with E-state index < -0.39 is 0 Å². The Balaban J connectivity index is 2.60. The number of azide groups is 1. The summed E-state index contributed by atoms with van der Waals surface area (Å²) >= 11 is 11.6. The maximum Gasteiger partial charge on any atom is 0.0813 e. The molecule has 0 aliphatic rings. The second-order valence-electron chi connectivity index (χ2n) is 2.67. The molecule has 0 atom stereocenters. The lowest BCUT2D eigenvalue weighted by atomic mass is 10.3. The fourth-order valence-electron chi connectivity index (χ4n) is 0.920. The molecule has 0 amide bonds. The van der Waals surface area contributed by atoms with Crippen LogP contribution in [0.25, 0.3) is 16.5 Å². The first kappa shape index (κ1) is 11.9. The van der Waals surface area contributed by atoms with Gasteiger partial charge in [0, 0.05) is 17.7 Å². The highest BCUT2D eigenvalue weighted by Gasteiger charge is 1.97. The average molecular weight is 243 g/mol. The Kier molecular flexibility index (Phi) is 4.98. The van der Waals surface area contributed by atoms with Gasteiger partial charge in [0.05, 0.1) is 15.7 Å². The molecular weight excluding hydrogens is 235 g/mol. The molecule has 0 aliphatic heterocycles. The Hall–Kier alpha value is -1.22. The summed E-state index contributed by atoms with van der Waals surface area (Å²) in [5.74, 6) is 0. The van der Waals surface area contributed by atoms with Gasteiger partial charge in [-0.1, -0.05) is 34.4 Å². The van der Waals surface area contributed by atoms with Crippen LogP contribution in [0.15, 0.2) is 23.5 Å². The maximum absolute atomic E-state index is 8.04. The molecule has 1 rings (SSSR count). The SMILES string of the molecule is [N-]=[N+]=NCCC=Cc1ncc(Cl)cc1Cl. The van der Waals surface area contributed by atoms with E-state index >= 15 is 0 Å². The number of rotatable bonds is 4. The highest BCUT2D eigenvalue weighted by Crippen LogP contribution is 2.19. The lowest BCUT2D eigenvalue weighted by Gasteiger charge is -1.96. The molecule has 0 unspecified atom stereocenters. The number of halogens is 2. The lowest BCUT2D eigenvalue weighted by molar-refractivity contribution is 0.995. The van der Waals surface area contributed by atoms with Crippen LogP contribution < -0.4 is 0 Å². The summed E-state index contributed by atoms with van der Waals surface area (Å²) in [5, 5.41) is 4.40. The first-order valence-corrected chi connectivity index (χ1v) is 4.98. The summed E-state index contributed by atoms with van der Waals surface area (Å²) in [5.41, 5.74) is 8.70. The summed E-state index contributed by atoms with van der Waals surface area (Å²) in [6.45, 7) is 0.429. The molecule has 0 saturated carbocycles. The third-order valence-electron chi connectivity index (χ3n) is 1.57. The molecule has 0 aromatic carbocycles. The van der Waals surface area contributed by atoms with Crippen molar-refractivity contribution < 1.29 is 0 Å². The van der Waals surface area contributed by atoms with Crippen molar-refractivity contribution in [1.82, 2.24) is 4.98 Å². The molecule has 0 radical (unpaired) electrons. The van der Waals surface area contributed by atoms with Gasteiger partial charge in [-0.05, 0) is 24.1 Å². The fraction of sp³-hybridized carbons (Fsp3) is 0.222. The van der Waals surface area contributed by atoms with Crippen LogP contribution in [-0.2, 0) is 0 Å². The van der Waals surface area contributed by atoms with Gasteiger partial charge >= 0.3 is 0 Å². The van der Waals surface area contributed by atoms with Crippen molar-refractivity contribution in [2.75, 3.05) is 6.54 Å². The number of nitrogens with zero attached hydrogens (tertiary/aromatic N) is 4. The summed E-state index contributed by atoms with van der Waals surface area (Å²) in [6, 6.07) is 1.63. The zero-order valence-corrected chi connectivity index (χ0v) is 9.28. The van der Waals surface area contributed by atoms with Gasteiger partial charge in [-0.3, -0.25) is 4.98 Å². The number of hydrogen-bond acceptors (Lipinski definition) is 2. The largest absolute Gasteiger partial charge is 0.254 e. The van der Waals surface area contributed by atoms with Crippen LogP contribution in [0.4, 0.5) is 0 Å². The first-order valence-electron chi connectivity index (χ1n) is 4.22. The van der Waals surface area contributed by atoms with Crippen molar-refractivity contribution in [2.45, 2.75) is 6.42 Å². The van der Waals surface area contributed by atoms with Gasteiger partial charge in [0.1, 0.15) is 0 Å². The molecule has 6 heteroatoms. The van der Waals surface area contributed by atoms with Crippen molar-refractivity contribution in [1.29, 1.82) is 0 Å². The van der Waals surface area contributed by atoms with Crippen molar-refractivity contribution in [2.24, 2.45) is 5.11 Å². The molecule has 0 fully saturated rings. The highest BCUT2D eigenvalue weighted by atomic mass is 35.5. The molecule has 0 saturated heterocycles. The summed E-state index contributed by atoms with van der Waals surface area (Å²) in [7, 11) is 0. The molecule has 1 aromatic heterocycles. The minimum atomic E-state index is 0.429. The van der Waals surface area contributed by atoms with Gasteiger partial charge in [0.2, 0.25) is 0 Å². The lowest BCUT2D eigenvalue weighted by Crippen LogP contribution is -1.82. The Labute approximate surface area is 97.2 Å². The molecule has 0 aliphatic carbocycles. The zero-order chi connectivity index (χ0) is 11.1. The van der Waals surface area contributed by atoms with E-state index in [1.807, 2.05) is 6.08 Å². The van der Waals surface area contributed by atoms with Gasteiger partial charge < -0.3 is 0 Å². The zero-order valence-electron chi connectivity index (χ0n) is 7.77. The van der Waals surface area contributed by atoms with Crippen molar-refractivity contribution in [3.8, 4) is 0 Å². The summed E-state index contributed by atoms with van der Waals surface area (Å²) in [4.78, 5) is 6.68. The molecule has 1 heterocycles. The minimum absolute atomic E-state index is 0.429. The number of aromatic nitrogens is 1. The molecular formula is C9H8Cl2N4. The number of hydrogen-bond donors (Lipinski definition) is 0. The Morgan fingerprint density at radius 3 is 3.00 bits per heavy atom. The predicted octanol–water partition coefficient (Wildman–Crippen LogP) is 4.10. The topological polar surface area (TPSA) is 61.7 Å². The van der Waals surface area contributed by atoms with E-state index in [1.54, 1.807) is 12.1 Å². The Bertz CT molecular complexity index is 411. The van der Waals surface area contributed by atoms with Crippen molar-refractivity contribution in [3.05, 3.63) is 44.5 Å². The molecule has 1 aromatic rings. The quantitative estimate of drug-likeness (QED) is 0.339. The maximum atomic E-state index is 8.04. The van der Waals surface area contributed by atoms with E-state index in [9.17, 15) is 0 Å². The molecule has 0 N–H and O–H groups in total. The molecule has 0 bridgehead atoms. The van der Waals surface area contributed by atoms with Crippen molar-refractivity contribution in [3.63, 3.8) is 0 Å². The van der Waals surface area contributed by atoms with Gasteiger partial charge in [-0.15, -0.1) is 0 Å². The third kappa shape index (κ3) is 4.21. The van der Waals surface area contributed by atoms with Crippen LogP contribution in [0.3, 0.4) is 0 Å². The Morgan fingerprint density at radius 1 is 1.53 bits per heavy atom. The second-order valence-corrected chi connectivity index (χ2v) is 3.51. The average Bonchev–Trinajstić information content (AvgIpc) is 2.20. The standard InChI is InChI=1S/C9H8Cl2N4/c10-7-5-8(11)9(13-6-7)3-1-2-4-14-15-12/h1,3,5-6H,2,4H2. The highest BCUT2D eigenvalue weighted by molar-refractivity contribution is 6.35. The monoisotopic (exact) mass is 242 g/mol. The van der Waals surface area contributed by atoms with E-state index in [0.717, 1.165) is 0 Å². The minimum Gasteiger partial charge on any atom is -0.254 e. The van der Waals surface area contributed by atoms with Crippen LogP contribution in [0.2, 0.25) is 10.0 Å². The van der Waals surface area contributed by atoms with E-state index in [-0.39, 0.29) is 0 Å². The van der Waals surface area contributed by atoms with E-state index in [4.69, 9.17) is 28.7 Å². The molecule has 15 heavy (non-hydrogen) atoms. The van der Waals surface area contributed by atoms with E-state index in [1.165, 1.54) is 6.20 Å². The Morgan fingerprint density at radius 2 is 2.33 bits per heavy atom. The summed E-state index contributed by atoms with van der Waals surface area (Å²) in [6.07, 6.45) is 5.80. The normalized spacial score (nSPS) is 10.3. The van der Waals surface area contributed by atoms with E-state index in [0.29, 0.717) is 28.7 Å². The fourth-order valence-corrected chi connectivity index (χ4v) is 1.36. The van der Waals surface area contributed by atoms with E-state index in [2.05, 4.69) is 15.0 Å². The number of pyridine rings is 1. The van der Waals surface area contributed by atoms with Crippen LogP contribution in [0, 0.1) is 0 Å². The van der Waals surface area contributed by atoms with Gasteiger partial charge in [-0.25, -0.2) is 0 Å². The summed E-state index contributed by atoms with van der Waals surface area (Å²) < 4.78 is 0. The van der Waals surface area contributed by atoms with Crippen LogP contribution >= 0.6 is 23.2 Å². The third-order valence-corrected chi connectivity index (χ3v) is 2.08. The van der Waals surface area contributed by atoms with Crippen LogP contribution in [0.5, 0.6) is 0 Å². The smallest absolute Gasteiger partial charge is 0.0813 e. The van der Waals surface area contributed by atoms with Gasteiger partial charge in [0.15, 0.2) is 0 Å². The van der Waals surface area contributed by atoms with Crippen LogP contribution in [-0.4, -0.2) is 11.5 Å². The van der Waals surface area contributed by atoms with Crippen molar-refractivity contribution >= 4 is 29.3 Å². The van der Waals surface area contributed by atoms with Gasteiger partial charge in [0.25, 0.3) is 0 Å². The molecule has 78 valence electrons. The predicted molar refractivity (Wildman–Crippen MR) is 61.9 cm³/mol.